The monoisotopic (exact) mass is 699 g/mol. The average Bonchev–Trinajstić information content (AvgIpc) is 3.19. The number of hydrogen-bond donors (Lipinski definition) is 0. The molecule has 0 amide bonds. The first kappa shape index (κ1) is 43.2. The minimum atomic E-state index is 1.26. The van der Waals surface area contributed by atoms with Crippen LogP contribution in [-0.2, 0) is 0 Å². The van der Waals surface area contributed by atoms with Crippen LogP contribution in [0.3, 0.4) is 0 Å². The molecular weight excluding hydrogens is 633 g/mol. The van der Waals surface area contributed by atoms with E-state index in [2.05, 4.69) is 185 Å². The lowest BCUT2D eigenvalue weighted by molar-refractivity contribution is 1.14. The zero-order valence-corrected chi connectivity index (χ0v) is 35.2. The highest BCUT2D eigenvalue weighted by Crippen LogP contribution is 2.42. The van der Waals surface area contributed by atoms with Crippen molar-refractivity contribution in [1.29, 1.82) is 0 Å². The number of anilines is 4. The van der Waals surface area contributed by atoms with Crippen LogP contribution < -0.4 is 19.6 Å². The van der Waals surface area contributed by atoms with Gasteiger partial charge in [0, 0.05) is 100 Å². The summed E-state index contributed by atoms with van der Waals surface area (Å²) >= 11 is 0. The molecule has 0 aliphatic heterocycles. The van der Waals surface area contributed by atoms with E-state index < -0.39 is 0 Å². The van der Waals surface area contributed by atoms with E-state index in [-0.39, 0.29) is 0 Å². The lowest BCUT2D eigenvalue weighted by atomic mass is 9.94. The SMILES string of the molecule is CC.CC.CC.CC.CN(C)c1c2ccccc2c(N(C)C)c2ccccc12.CN(C)c1cc2c3ccccc3c(N(C)C)cc2c2ccccc12. The van der Waals surface area contributed by atoms with Gasteiger partial charge in [0.1, 0.15) is 0 Å². The zero-order chi connectivity index (χ0) is 39.1. The van der Waals surface area contributed by atoms with E-state index in [0.29, 0.717) is 0 Å². The first-order valence-electron chi connectivity index (χ1n) is 19.2. The van der Waals surface area contributed by atoms with Gasteiger partial charge >= 0.3 is 0 Å². The molecule has 0 saturated carbocycles. The maximum absolute atomic E-state index is 2.33. The highest BCUT2D eigenvalue weighted by Gasteiger charge is 2.16. The molecule has 7 aromatic carbocycles. The molecule has 0 aliphatic carbocycles. The molecule has 0 bridgehead atoms. The normalized spacial score (nSPS) is 9.92. The third kappa shape index (κ3) is 8.91. The number of fused-ring (bicyclic) bond motifs is 7. The summed E-state index contributed by atoms with van der Waals surface area (Å²) in [6, 6.07) is 39.4. The van der Waals surface area contributed by atoms with Gasteiger partial charge in [0.05, 0.1) is 11.4 Å². The largest absolute Gasteiger partial charge is 0.377 e. The second-order valence-corrected chi connectivity index (χ2v) is 12.3. The summed E-state index contributed by atoms with van der Waals surface area (Å²) in [5.41, 5.74) is 5.12. The van der Waals surface area contributed by atoms with Crippen molar-refractivity contribution in [2.45, 2.75) is 55.4 Å². The van der Waals surface area contributed by atoms with Gasteiger partial charge in [-0.1, -0.05) is 152 Å². The molecular formula is C48H66N4. The Kier molecular flexibility index (Phi) is 17.3. The summed E-state index contributed by atoms with van der Waals surface area (Å²) in [6.07, 6.45) is 0. The first-order chi connectivity index (χ1) is 25.2. The van der Waals surface area contributed by atoms with E-state index in [9.17, 15) is 0 Å². The van der Waals surface area contributed by atoms with E-state index >= 15 is 0 Å². The van der Waals surface area contributed by atoms with Crippen LogP contribution >= 0.6 is 0 Å². The number of benzene rings is 7. The van der Waals surface area contributed by atoms with Gasteiger partial charge in [0.25, 0.3) is 0 Å². The average molecular weight is 699 g/mol. The molecule has 0 N–H and O–H groups in total. The molecule has 0 radical (unpaired) electrons. The summed E-state index contributed by atoms with van der Waals surface area (Å²) in [7, 11) is 16.9. The first-order valence-corrected chi connectivity index (χ1v) is 19.2. The second-order valence-electron chi connectivity index (χ2n) is 12.3. The molecule has 4 heteroatoms. The minimum Gasteiger partial charge on any atom is -0.377 e. The summed E-state index contributed by atoms with van der Waals surface area (Å²) in [6.45, 7) is 16.0. The van der Waals surface area contributed by atoms with Crippen molar-refractivity contribution in [1.82, 2.24) is 0 Å². The van der Waals surface area contributed by atoms with Gasteiger partial charge in [-0.2, -0.15) is 0 Å². The molecule has 0 saturated heterocycles. The van der Waals surface area contributed by atoms with Crippen LogP contribution in [0.4, 0.5) is 22.7 Å². The molecule has 0 fully saturated rings. The van der Waals surface area contributed by atoms with Gasteiger partial charge in [-0.15, -0.1) is 0 Å². The molecule has 0 atom stereocenters. The summed E-state index contributed by atoms with van der Waals surface area (Å²) in [4.78, 5) is 8.83. The molecule has 0 unspecified atom stereocenters. The Bertz CT molecular complexity index is 1930. The van der Waals surface area contributed by atoms with Gasteiger partial charge in [-0.3, -0.25) is 0 Å². The molecule has 0 aliphatic rings. The fourth-order valence-corrected chi connectivity index (χ4v) is 6.70. The number of hydrogen-bond acceptors (Lipinski definition) is 4. The lowest BCUT2D eigenvalue weighted by Crippen LogP contribution is -2.13. The van der Waals surface area contributed by atoms with Gasteiger partial charge in [0.2, 0.25) is 0 Å². The van der Waals surface area contributed by atoms with E-state index in [4.69, 9.17) is 0 Å². The fourth-order valence-electron chi connectivity index (χ4n) is 6.70. The Morgan fingerprint density at radius 3 is 0.673 bits per heavy atom. The predicted octanol–water partition coefficient (Wildman–Crippen LogP) is 13.5. The fraction of sp³-hybridized carbons (Fsp3) is 0.333. The standard InChI is InChI=1S/C22H22N2.C18H20N2.4C2H6/c1-23(2)21-13-19-16-10-6-8-12-18(16)22(24(3)4)14-20(19)15-9-5-7-11-17(15)21;1-19(2)17-13-9-5-7-11-15(13)18(20(3)4)16-12-8-6-10-14(16)17;4*1-2/h5-14H,1-4H3;5-12H,1-4H3;4*1-2H3. The van der Waals surface area contributed by atoms with Crippen LogP contribution in [0.15, 0.2) is 109 Å². The quantitative estimate of drug-likeness (QED) is 0.103. The van der Waals surface area contributed by atoms with Gasteiger partial charge in [-0.05, 0) is 33.7 Å². The van der Waals surface area contributed by atoms with Crippen LogP contribution in [0.25, 0.3) is 53.9 Å². The number of nitrogens with zero attached hydrogens (tertiary/aromatic N) is 4. The molecule has 278 valence electrons. The van der Waals surface area contributed by atoms with Gasteiger partial charge in [-0.25, -0.2) is 0 Å². The zero-order valence-electron chi connectivity index (χ0n) is 35.2. The van der Waals surface area contributed by atoms with Gasteiger partial charge in [0.15, 0.2) is 0 Å². The molecule has 7 aromatic rings. The smallest absolute Gasteiger partial charge is 0.0521 e. The summed E-state index contributed by atoms with van der Waals surface area (Å²) in [5, 5.41) is 13.1. The van der Waals surface area contributed by atoms with E-state index in [1.165, 1.54) is 76.6 Å². The molecule has 7 rings (SSSR count). The Morgan fingerprint density at radius 1 is 0.250 bits per heavy atom. The molecule has 4 nitrogen and oxygen atoms in total. The Balaban J connectivity index is 0.000000306. The van der Waals surface area contributed by atoms with Crippen LogP contribution in [0.5, 0.6) is 0 Å². The van der Waals surface area contributed by atoms with Crippen LogP contribution in [-0.4, -0.2) is 56.4 Å². The highest BCUT2D eigenvalue weighted by atomic mass is 15.1. The third-order valence-electron chi connectivity index (χ3n) is 8.57. The number of rotatable bonds is 4. The summed E-state index contributed by atoms with van der Waals surface area (Å²) in [5.74, 6) is 0. The topological polar surface area (TPSA) is 13.0 Å². The molecule has 0 aromatic heterocycles. The Labute approximate surface area is 316 Å². The molecule has 52 heavy (non-hydrogen) atoms. The Morgan fingerprint density at radius 2 is 0.462 bits per heavy atom. The van der Waals surface area contributed by atoms with Crippen LogP contribution in [0.1, 0.15) is 55.4 Å². The van der Waals surface area contributed by atoms with Crippen molar-refractivity contribution in [3.8, 4) is 0 Å². The second kappa shape index (κ2) is 20.8. The summed E-state index contributed by atoms with van der Waals surface area (Å²) < 4.78 is 0. The van der Waals surface area contributed by atoms with Crippen molar-refractivity contribution in [3.63, 3.8) is 0 Å². The Hall–Kier alpha value is -4.96. The van der Waals surface area contributed by atoms with E-state index in [1.807, 2.05) is 55.4 Å². The predicted molar refractivity (Wildman–Crippen MR) is 243 cm³/mol. The van der Waals surface area contributed by atoms with Crippen molar-refractivity contribution in [2.24, 2.45) is 0 Å². The van der Waals surface area contributed by atoms with Crippen LogP contribution in [0.2, 0.25) is 0 Å². The maximum atomic E-state index is 2.33. The molecule has 0 spiro atoms. The lowest BCUT2D eigenvalue weighted by Gasteiger charge is -2.24. The molecule has 0 heterocycles. The van der Waals surface area contributed by atoms with Gasteiger partial charge < -0.3 is 19.6 Å². The van der Waals surface area contributed by atoms with E-state index in [1.54, 1.807) is 0 Å². The maximum Gasteiger partial charge on any atom is 0.0521 e. The minimum absolute atomic E-state index is 1.26. The van der Waals surface area contributed by atoms with Crippen LogP contribution in [0, 0.1) is 0 Å². The van der Waals surface area contributed by atoms with Crippen molar-refractivity contribution < 1.29 is 0 Å². The third-order valence-corrected chi connectivity index (χ3v) is 8.57. The van der Waals surface area contributed by atoms with Crippen molar-refractivity contribution in [2.75, 3.05) is 76.0 Å². The highest BCUT2D eigenvalue weighted by molar-refractivity contribution is 6.23. The van der Waals surface area contributed by atoms with Crippen molar-refractivity contribution in [3.05, 3.63) is 109 Å². The van der Waals surface area contributed by atoms with E-state index in [0.717, 1.165) is 0 Å². The van der Waals surface area contributed by atoms with Crippen molar-refractivity contribution >= 4 is 76.6 Å².